The Bertz CT molecular complexity index is 321. The van der Waals surface area contributed by atoms with Crippen LogP contribution in [0.5, 0.6) is 0 Å². The summed E-state index contributed by atoms with van der Waals surface area (Å²) in [6.45, 7) is 2.01. The zero-order valence-electron chi connectivity index (χ0n) is 9.07. The van der Waals surface area contributed by atoms with Gasteiger partial charge in [-0.1, -0.05) is 0 Å². The second-order valence-electron chi connectivity index (χ2n) is 3.83. The van der Waals surface area contributed by atoms with Crippen molar-refractivity contribution in [3.05, 3.63) is 22.4 Å². The van der Waals surface area contributed by atoms with Crippen molar-refractivity contribution < 1.29 is 9.53 Å². The van der Waals surface area contributed by atoms with E-state index in [1.165, 1.54) is 0 Å². The third-order valence-electron chi connectivity index (χ3n) is 2.55. The van der Waals surface area contributed by atoms with Crippen molar-refractivity contribution in [1.29, 1.82) is 0 Å². The van der Waals surface area contributed by atoms with Crippen molar-refractivity contribution in [3.8, 4) is 0 Å². The molecule has 5 heteroatoms. The number of hydrogen-bond donors (Lipinski definition) is 2. The topological polar surface area (TPSA) is 50.4 Å². The van der Waals surface area contributed by atoms with Gasteiger partial charge >= 0.3 is 6.03 Å². The van der Waals surface area contributed by atoms with Gasteiger partial charge in [-0.2, -0.15) is 11.3 Å². The summed E-state index contributed by atoms with van der Waals surface area (Å²) >= 11 is 1.63. The van der Waals surface area contributed by atoms with Crippen LogP contribution in [0.4, 0.5) is 4.79 Å². The van der Waals surface area contributed by atoms with Gasteiger partial charge in [0, 0.05) is 19.7 Å². The number of ether oxygens (including phenoxy) is 1. The first-order valence-electron chi connectivity index (χ1n) is 5.49. The summed E-state index contributed by atoms with van der Waals surface area (Å²) in [4.78, 5) is 11.4. The van der Waals surface area contributed by atoms with Crippen molar-refractivity contribution in [3.63, 3.8) is 0 Å². The van der Waals surface area contributed by atoms with Crippen molar-refractivity contribution >= 4 is 17.4 Å². The van der Waals surface area contributed by atoms with Crippen molar-refractivity contribution in [1.82, 2.24) is 10.6 Å². The third-order valence-corrected chi connectivity index (χ3v) is 3.28. The molecular weight excluding hydrogens is 224 g/mol. The molecule has 0 unspecified atom stereocenters. The van der Waals surface area contributed by atoms with Crippen LogP contribution in [0.15, 0.2) is 16.8 Å². The average Bonchev–Trinajstić information content (AvgIpc) is 2.96. The molecule has 0 bridgehead atoms. The van der Waals surface area contributed by atoms with Crippen LogP contribution in [-0.2, 0) is 11.3 Å². The van der Waals surface area contributed by atoms with E-state index in [-0.39, 0.29) is 12.1 Å². The number of rotatable bonds is 4. The molecule has 88 valence electrons. The zero-order valence-corrected chi connectivity index (χ0v) is 9.89. The Morgan fingerprint density at radius 3 is 3.19 bits per heavy atom. The molecule has 1 aliphatic rings. The highest BCUT2D eigenvalue weighted by Gasteiger charge is 2.15. The van der Waals surface area contributed by atoms with Gasteiger partial charge in [-0.05, 0) is 35.2 Å². The first kappa shape index (κ1) is 11.4. The van der Waals surface area contributed by atoms with Crippen LogP contribution in [0, 0.1) is 0 Å². The van der Waals surface area contributed by atoms with Crippen LogP contribution in [0.1, 0.15) is 18.4 Å². The van der Waals surface area contributed by atoms with Gasteiger partial charge in [0.15, 0.2) is 0 Å². The van der Waals surface area contributed by atoms with Crippen molar-refractivity contribution in [2.75, 3.05) is 13.2 Å². The van der Waals surface area contributed by atoms with Crippen LogP contribution < -0.4 is 10.6 Å². The fraction of sp³-hybridized carbons (Fsp3) is 0.545. The normalized spacial score (nSPS) is 19.6. The molecular formula is C11H16N2O2S. The third kappa shape index (κ3) is 3.50. The SMILES string of the molecule is O=C(NCc1ccsc1)NC[C@H]1CCCO1. The minimum absolute atomic E-state index is 0.123. The van der Waals surface area contributed by atoms with Gasteiger partial charge in [0.05, 0.1) is 6.10 Å². The lowest BCUT2D eigenvalue weighted by atomic mass is 10.2. The number of carbonyl (C=O) groups is 1. The summed E-state index contributed by atoms with van der Waals surface area (Å²) in [5.74, 6) is 0. The Morgan fingerprint density at radius 1 is 1.56 bits per heavy atom. The van der Waals surface area contributed by atoms with Crippen molar-refractivity contribution in [2.45, 2.75) is 25.5 Å². The summed E-state index contributed by atoms with van der Waals surface area (Å²) in [7, 11) is 0. The first-order valence-corrected chi connectivity index (χ1v) is 6.43. The predicted octanol–water partition coefficient (Wildman–Crippen LogP) is 1.73. The molecule has 1 saturated heterocycles. The van der Waals surface area contributed by atoms with E-state index >= 15 is 0 Å². The summed E-state index contributed by atoms with van der Waals surface area (Å²) in [5, 5.41) is 9.65. The largest absolute Gasteiger partial charge is 0.376 e. The van der Waals surface area contributed by atoms with Gasteiger partial charge in [0.25, 0.3) is 0 Å². The Balaban J connectivity index is 1.60. The standard InChI is InChI=1S/C11H16N2O2S/c14-11(12-6-9-3-5-16-8-9)13-7-10-2-1-4-15-10/h3,5,8,10H,1-2,4,6-7H2,(H2,12,13,14)/t10-/m1/s1. The van der Waals surface area contributed by atoms with Gasteiger partial charge in [-0.3, -0.25) is 0 Å². The molecule has 0 spiro atoms. The van der Waals surface area contributed by atoms with Gasteiger partial charge < -0.3 is 15.4 Å². The average molecular weight is 240 g/mol. The lowest BCUT2D eigenvalue weighted by Crippen LogP contribution is -2.39. The molecule has 0 aliphatic carbocycles. The molecule has 16 heavy (non-hydrogen) atoms. The Hall–Kier alpha value is -1.07. The monoisotopic (exact) mass is 240 g/mol. The van der Waals surface area contributed by atoms with E-state index in [9.17, 15) is 4.79 Å². The van der Waals surface area contributed by atoms with E-state index in [2.05, 4.69) is 10.6 Å². The molecule has 0 saturated carbocycles. The Kier molecular flexibility index (Phi) is 4.18. The molecule has 2 N–H and O–H groups in total. The van der Waals surface area contributed by atoms with Crippen molar-refractivity contribution in [2.24, 2.45) is 0 Å². The second kappa shape index (κ2) is 5.86. The minimum Gasteiger partial charge on any atom is -0.376 e. The smallest absolute Gasteiger partial charge is 0.315 e. The summed E-state index contributed by atoms with van der Waals surface area (Å²) in [5.41, 5.74) is 1.14. The number of carbonyl (C=O) groups excluding carboxylic acids is 1. The zero-order chi connectivity index (χ0) is 11.2. The molecule has 1 aliphatic heterocycles. The van der Waals surface area contributed by atoms with Crippen LogP contribution in [0.25, 0.3) is 0 Å². The van der Waals surface area contributed by atoms with E-state index in [1.54, 1.807) is 11.3 Å². The minimum atomic E-state index is -0.123. The lowest BCUT2D eigenvalue weighted by Gasteiger charge is -2.11. The molecule has 4 nitrogen and oxygen atoms in total. The molecule has 0 aromatic carbocycles. The molecule has 2 heterocycles. The molecule has 1 aromatic heterocycles. The molecule has 1 aromatic rings. The van der Waals surface area contributed by atoms with Gasteiger partial charge in [0.1, 0.15) is 0 Å². The fourth-order valence-electron chi connectivity index (χ4n) is 1.65. The van der Waals surface area contributed by atoms with Gasteiger partial charge in [0.2, 0.25) is 0 Å². The van der Waals surface area contributed by atoms with Crippen LogP contribution in [-0.4, -0.2) is 25.3 Å². The number of urea groups is 1. The van der Waals surface area contributed by atoms with Crippen LogP contribution >= 0.6 is 11.3 Å². The fourth-order valence-corrected chi connectivity index (χ4v) is 2.32. The number of amides is 2. The number of thiophene rings is 1. The highest BCUT2D eigenvalue weighted by molar-refractivity contribution is 7.07. The second-order valence-corrected chi connectivity index (χ2v) is 4.61. The van der Waals surface area contributed by atoms with Crippen LogP contribution in [0.3, 0.4) is 0 Å². The Morgan fingerprint density at radius 2 is 2.50 bits per heavy atom. The summed E-state index contributed by atoms with van der Waals surface area (Å²) in [6.07, 6.45) is 2.35. The van der Waals surface area contributed by atoms with Gasteiger partial charge in [-0.15, -0.1) is 0 Å². The molecule has 1 atom stereocenters. The maximum atomic E-state index is 11.4. The first-order chi connectivity index (χ1) is 7.84. The molecule has 1 fully saturated rings. The summed E-state index contributed by atoms with van der Waals surface area (Å²) in [6, 6.07) is 1.88. The highest BCUT2D eigenvalue weighted by atomic mass is 32.1. The highest BCUT2D eigenvalue weighted by Crippen LogP contribution is 2.10. The molecule has 2 rings (SSSR count). The predicted molar refractivity (Wildman–Crippen MR) is 63.5 cm³/mol. The maximum absolute atomic E-state index is 11.4. The van der Waals surface area contributed by atoms with Gasteiger partial charge in [-0.25, -0.2) is 4.79 Å². The molecule has 0 radical (unpaired) electrons. The number of hydrogen-bond acceptors (Lipinski definition) is 3. The molecule has 2 amide bonds. The maximum Gasteiger partial charge on any atom is 0.315 e. The quantitative estimate of drug-likeness (QED) is 0.842. The van der Waals surface area contributed by atoms with E-state index in [1.807, 2.05) is 16.8 Å². The van der Waals surface area contributed by atoms with Crippen LogP contribution in [0.2, 0.25) is 0 Å². The number of nitrogens with one attached hydrogen (secondary N) is 2. The Labute approximate surface area is 99.0 Å². The van der Waals surface area contributed by atoms with E-state index in [0.29, 0.717) is 13.1 Å². The van der Waals surface area contributed by atoms with E-state index < -0.39 is 0 Å². The van der Waals surface area contributed by atoms with E-state index in [4.69, 9.17) is 4.74 Å². The lowest BCUT2D eigenvalue weighted by molar-refractivity contribution is 0.111. The summed E-state index contributed by atoms with van der Waals surface area (Å²) < 4.78 is 5.41. The van der Waals surface area contributed by atoms with E-state index in [0.717, 1.165) is 25.0 Å².